The second kappa shape index (κ2) is 10.5. The Labute approximate surface area is 225 Å². The van der Waals surface area contributed by atoms with Gasteiger partial charge in [0.25, 0.3) is 0 Å². The van der Waals surface area contributed by atoms with Gasteiger partial charge in [0.15, 0.2) is 0 Å². The maximum atomic E-state index is 15.5. The number of amides is 1. The van der Waals surface area contributed by atoms with E-state index in [4.69, 9.17) is 4.74 Å². The minimum Gasteiger partial charge on any atom is -0.372 e. The quantitative estimate of drug-likeness (QED) is 0.404. The maximum Gasteiger partial charge on any atom is 0.303 e. The Balaban J connectivity index is 1.70. The van der Waals surface area contributed by atoms with Gasteiger partial charge in [-0.3, -0.25) is 9.78 Å². The number of ether oxygens (including phenoxy) is 1. The van der Waals surface area contributed by atoms with Crippen LogP contribution in [-0.4, -0.2) is 63.9 Å². The van der Waals surface area contributed by atoms with Crippen molar-refractivity contribution in [3.05, 3.63) is 53.2 Å². The van der Waals surface area contributed by atoms with Crippen molar-refractivity contribution in [2.24, 2.45) is 0 Å². The summed E-state index contributed by atoms with van der Waals surface area (Å²) in [6.45, 7) is 8.01. The van der Waals surface area contributed by atoms with Crippen LogP contribution in [0, 0.1) is 12.7 Å². The number of hydrogen-bond acceptors (Lipinski definition) is 7. The number of nitrogens with one attached hydrogen (secondary N) is 1. The summed E-state index contributed by atoms with van der Waals surface area (Å²) in [5, 5.41) is 3.67. The maximum absolute atomic E-state index is 15.5. The summed E-state index contributed by atoms with van der Waals surface area (Å²) in [4.78, 5) is 26.7. The van der Waals surface area contributed by atoms with E-state index in [9.17, 15) is 9.36 Å². The highest BCUT2D eigenvalue weighted by Crippen LogP contribution is 2.46. The van der Waals surface area contributed by atoms with Crippen LogP contribution in [0.25, 0.3) is 10.9 Å². The minimum absolute atomic E-state index is 0.0298. The van der Waals surface area contributed by atoms with E-state index < -0.39 is 36.1 Å². The van der Waals surface area contributed by atoms with Crippen molar-refractivity contribution in [1.29, 1.82) is 0 Å². The molecule has 1 aliphatic heterocycles. The van der Waals surface area contributed by atoms with Gasteiger partial charge in [-0.1, -0.05) is 12.1 Å². The number of anilines is 1. The number of hydrogen-bond donors (Lipinski definition) is 1. The zero-order chi connectivity index (χ0) is 28.8. The molecule has 1 saturated heterocycles. The number of rotatable bonds is 7. The molecule has 3 heterocycles. The molecule has 0 radical (unpaired) electrons. The third-order valence-electron chi connectivity index (χ3n) is 7.46. The lowest BCUT2D eigenvalue weighted by Gasteiger charge is -2.33. The van der Waals surface area contributed by atoms with Crippen molar-refractivity contribution in [1.82, 2.24) is 19.9 Å². The van der Waals surface area contributed by atoms with E-state index in [1.165, 1.54) is 39.1 Å². The monoisotopic (exact) mass is 563 g/mol. The van der Waals surface area contributed by atoms with Gasteiger partial charge in [-0.25, -0.2) is 14.4 Å². The van der Waals surface area contributed by atoms with Gasteiger partial charge in [-0.2, -0.15) is 8.78 Å². The number of methoxy groups -OCH3 is 1. The van der Waals surface area contributed by atoms with Crippen LogP contribution >= 0.6 is 7.14 Å². The standard InChI is InChI=1S/C27H33F3N5O3P/c1-16(19-8-7-9-21(24(19)28)27(29,30)26(4,5)38-6)32-25-20-14-23(31-15-22(20)33-17(2)34-25)39(37)12-10-35(11-13-39)18(3)36/h7-9,14-16H,10-13H2,1-6H3,(H,32,33,34)/t16-/m1/s1. The zero-order valence-corrected chi connectivity index (χ0v) is 23.8. The number of aryl methyl sites for hydroxylation is 1. The third-order valence-corrected chi connectivity index (χ3v) is 10.4. The fraction of sp³-hybridized carbons (Fsp3) is 0.481. The van der Waals surface area contributed by atoms with Crippen LogP contribution in [0.5, 0.6) is 0 Å². The molecule has 210 valence electrons. The molecule has 39 heavy (non-hydrogen) atoms. The second-order valence-electron chi connectivity index (χ2n) is 10.4. The van der Waals surface area contributed by atoms with Gasteiger partial charge in [0.05, 0.1) is 23.3 Å². The van der Waals surface area contributed by atoms with Crippen LogP contribution in [0.4, 0.5) is 19.0 Å². The summed E-state index contributed by atoms with van der Waals surface area (Å²) in [5.41, 5.74) is -1.74. The molecule has 0 unspecified atom stereocenters. The van der Waals surface area contributed by atoms with Crippen LogP contribution in [0.2, 0.25) is 0 Å². The molecule has 1 fully saturated rings. The van der Waals surface area contributed by atoms with Gasteiger partial charge >= 0.3 is 5.92 Å². The van der Waals surface area contributed by atoms with E-state index in [-0.39, 0.29) is 11.5 Å². The largest absolute Gasteiger partial charge is 0.372 e. The third kappa shape index (κ3) is 5.39. The first-order chi connectivity index (χ1) is 18.2. The number of aromatic nitrogens is 3. The molecule has 1 aromatic carbocycles. The molecule has 1 amide bonds. The molecule has 0 spiro atoms. The molecule has 0 saturated carbocycles. The lowest BCUT2D eigenvalue weighted by molar-refractivity contribution is -0.186. The first-order valence-corrected chi connectivity index (χ1v) is 14.7. The number of alkyl halides is 2. The minimum atomic E-state index is -3.59. The number of benzene rings is 1. The highest BCUT2D eigenvalue weighted by atomic mass is 31.2. The first kappa shape index (κ1) is 29.0. The molecule has 1 N–H and O–H groups in total. The van der Waals surface area contributed by atoms with Gasteiger partial charge in [0.2, 0.25) is 5.91 Å². The Bertz CT molecular complexity index is 1450. The summed E-state index contributed by atoms with van der Waals surface area (Å²) in [5.74, 6) is -3.92. The van der Waals surface area contributed by atoms with Crippen molar-refractivity contribution in [3.63, 3.8) is 0 Å². The number of nitrogens with zero attached hydrogens (tertiary/aromatic N) is 4. The summed E-state index contributed by atoms with van der Waals surface area (Å²) >= 11 is 0. The Morgan fingerprint density at radius 2 is 1.87 bits per heavy atom. The van der Waals surface area contributed by atoms with Gasteiger partial charge in [0, 0.05) is 50.4 Å². The normalized spacial score (nSPS) is 16.8. The van der Waals surface area contributed by atoms with Crippen LogP contribution in [-0.2, 0) is 20.0 Å². The van der Waals surface area contributed by atoms with Gasteiger partial charge < -0.3 is 19.5 Å². The Kier molecular flexibility index (Phi) is 7.80. The van der Waals surface area contributed by atoms with E-state index in [0.717, 1.165) is 13.2 Å². The highest BCUT2D eigenvalue weighted by molar-refractivity contribution is 7.71. The van der Waals surface area contributed by atoms with Gasteiger partial charge in [-0.15, -0.1) is 0 Å². The van der Waals surface area contributed by atoms with E-state index in [2.05, 4.69) is 20.3 Å². The predicted octanol–water partition coefficient (Wildman–Crippen LogP) is 5.01. The SMILES string of the molecule is COC(C)(C)C(F)(F)c1cccc([C@@H](C)Nc2nc(C)nc3cnc(P4(=O)CCN(C(C)=O)CC4)cc23)c1F. The number of pyridine rings is 1. The van der Waals surface area contributed by atoms with Crippen molar-refractivity contribution >= 4 is 35.2 Å². The van der Waals surface area contributed by atoms with Crippen LogP contribution < -0.4 is 10.8 Å². The summed E-state index contributed by atoms with van der Waals surface area (Å²) in [6.07, 6.45) is 2.17. The summed E-state index contributed by atoms with van der Waals surface area (Å²) in [7, 11) is -1.71. The number of carbonyl (C=O) groups excluding carboxylic acids is 1. The molecule has 4 rings (SSSR count). The van der Waals surface area contributed by atoms with Crippen molar-refractivity contribution < 1.29 is 27.3 Å². The lowest BCUT2D eigenvalue weighted by atomic mass is 9.90. The van der Waals surface area contributed by atoms with E-state index in [1.807, 2.05) is 0 Å². The molecular weight excluding hydrogens is 530 g/mol. The summed E-state index contributed by atoms with van der Waals surface area (Å²) < 4.78 is 64.6. The predicted molar refractivity (Wildman–Crippen MR) is 145 cm³/mol. The molecule has 1 aliphatic rings. The number of halogens is 3. The summed E-state index contributed by atoms with van der Waals surface area (Å²) in [6, 6.07) is 4.81. The van der Waals surface area contributed by atoms with E-state index >= 15 is 13.2 Å². The molecular formula is C27H33F3N5O3P. The molecule has 0 aliphatic carbocycles. The molecule has 1 atom stereocenters. The molecule has 2 aromatic heterocycles. The zero-order valence-electron chi connectivity index (χ0n) is 22.9. The number of fused-ring (bicyclic) bond motifs is 1. The first-order valence-electron chi connectivity index (χ1n) is 12.7. The van der Waals surface area contributed by atoms with Crippen LogP contribution in [0.1, 0.15) is 50.7 Å². The molecule has 3 aromatic rings. The van der Waals surface area contributed by atoms with Crippen molar-refractivity contribution in [3.8, 4) is 0 Å². The fourth-order valence-corrected chi connectivity index (χ4v) is 7.11. The highest BCUT2D eigenvalue weighted by Gasteiger charge is 2.50. The van der Waals surface area contributed by atoms with Crippen LogP contribution in [0.3, 0.4) is 0 Å². The Hall–Kier alpha value is -3.04. The van der Waals surface area contributed by atoms with Gasteiger partial charge in [-0.05, 0) is 39.8 Å². The van der Waals surface area contributed by atoms with Crippen LogP contribution in [0.15, 0.2) is 30.5 Å². The van der Waals surface area contributed by atoms with Gasteiger partial charge in [0.1, 0.15) is 35.6 Å². The average Bonchev–Trinajstić information content (AvgIpc) is 2.88. The number of carbonyl (C=O) groups is 1. The Morgan fingerprint density at radius 3 is 2.49 bits per heavy atom. The Morgan fingerprint density at radius 1 is 1.21 bits per heavy atom. The molecule has 8 nitrogen and oxygen atoms in total. The van der Waals surface area contributed by atoms with E-state index in [0.29, 0.717) is 53.4 Å². The smallest absolute Gasteiger partial charge is 0.303 e. The van der Waals surface area contributed by atoms with E-state index in [1.54, 1.807) is 24.8 Å². The fourth-order valence-electron chi connectivity index (χ4n) is 4.66. The molecule has 12 heteroatoms. The van der Waals surface area contributed by atoms with Crippen molar-refractivity contribution in [2.75, 3.05) is 37.8 Å². The second-order valence-corrected chi connectivity index (χ2v) is 13.5. The van der Waals surface area contributed by atoms with Crippen molar-refractivity contribution in [2.45, 2.75) is 52.2 Å². The molecule has 0 bridgehead atoms. The topological polar surface area (TPSA) is 97.3 Å². The average molecular weight is 564 g/mol. The lowest BCUT2D eigenvalue weighted by Crippen LogP contribution is -2.43.